The fourth-order valence-corrected chi connectivity index (χ4v) is 1.70. The minimum Gasteiger partial charge on any atom is -0.335 e. The number of nitrogens with zero attached hydrogens (tertiary/aromatic N) is 2. The van der Waals surface area contributed by atoms with Crippen LogP contribution in [-0.4, -0.2) is 18.3 Å². The van der Waals surface area contributed by atoms with Crippen LogP contribution in [0, 0.1) is 5.92 Å². The van der Waals surface area contributed by atoms with Crippen molar-refractivity contribution in [2.45, 2.75) is 20.8 Å². The van der Waals surface area contributed by atoms with Crippen LogP contribution in [0.15, 0.2) is 39.7 Å². The molecule has 0 aliphatic heterocycles. The molecule has 1 atom stereocenters. The van der Waals surface area contributed by atoms with Gasteiger partial charge in [-0.15, -0.1) is 9.24 Å². The summed E-state index contributed by atoms with van der Waals surface area (Å²) in [6, 6.07) is 0. The predicted octanol–water partition coefficient (Wildman–Crippen LogP) is 3.67. The van der Waals surface area contributed by atoms with E-state index in [9.17, 15) is 0 Å². The van der Waals surface area contributed by atoms with Crippen LogP contribution < -0.4 is 0 Å². The van der Waals surface area contributed by atoms with E-state index in [4.69, 9.17) is 0 Å². The van der Waals surface area contributed by atoms with E-state index in [1.165, 1.54) is 0 Å². The fraction of sp³-hybridized carbons (Fsp3) is 0.417. The van der Waals surface area contributed by atoms with Crippen molar-refractivity contribution in [1.29, 1.82) is 0 Å². The Kier molecular flexibility index (Phi) is 6.70. The van der Waals surface area contributed by atoms with Gasteiger partial charge in [0.2, 0.25) is 0 Å². The van der Waals surface area contributed by atoms with Gasteiger partial charge in [0.05, 0.1) is 0 Å². The molecular weight excluding hydrogens is 235 g/mol. The summed E-state index contributed by atoms with van der Waals surface area (Å²) in [5.74, 6) is 0.437. The molecule has 1 unspecified atom stereocenters. The molecule has 0 fully saturated rings. The molecule has 4 heteroatoms. The highest BCUT2D eigenvalue weighted by atomic mass is 32.1. The van der Waals surface area contributed by atoms with E-state index in [0.717, 1.165) is 22.2 Å². The molecule has 0 aliphatic rings. The largest absolute Gasteiger partial charge is 0.335 e. The van der Waals surface area contributed by atoms with Crippen LogP contribution in [0.25, 0.3) is 0 Å². The number of hydrogen-bond donors (Lipinski definition) is 1. The lowest BCUT2D eigenvalue weighted by atomic mass is 9.97. The first-order chi connectivity index (χ1) is 7.32. The Bertz CT molecular complexity index is 343. The van der Waals surface area contributed by atoms with Gasteiger partial charge in [-0.1, -0.05) is 27.0 Å². The van der Waals surface area contributed by atoms with Crippen LogP contribution in [0.3, 0.4) is 0 Å². The molecular formula is C12H21N2PS. The topological polar surface area (TPSA) is 15.6 Å². The first kappa shape index (κ1) is 15.5. The Balaban J connectivity index is 5.02. The first-order valence-electron chi connectivity index (χ1n) is 5.08. The number of likely N-dealkylation sites (N-methyl/N-ethyl adjacent to an activating group) is 1. The van der Waals surface area contributed by atoms with Crippen molar-refractivity contribution in [2.24, 2.45) is 10.3 Å². The molecule has 0 aliphatic carbocycles. The lowest BCUT2D eigenvalue weighted by Gasteiger charge is -2.20. The minimum atomic E-state index is 0.437. The van der Waals surface area contributed by atoms with E-state index in [1.807, 2.05) is 11.9 Å². The van der Waals surface area contributed by atoms with Gasteiger partial charge >= 0.3 is 0 Å². The van der Waals surface area contributed by atoms with Gasteiger partial charge < -0.3 is 4.90 Å². The molecule has 2 nitrogen and oxygen atoms in total. The van der Waals surface area contributed by atoms with E-state index < -0.39 is 0 Å². The van der Waals surface area contributed by atoms with E-state index in [1.54, 1.807) is 6.34 Å². The third-order valence-electron chi connectivity index (χ3n) is 2.54. The monoisotopic (exact) mass is 256 g/mol. The molecule has 0 bridgehead atoms. The van der Waals surface area contributed by atoms with Gasteiger partial charge in [0.15, 0.2) is 0 Å². The van der Waals surface area contributed by atoms with Crippen LogP contribution in [0.4, 0.5) is 0 Å². The average molecular weight is 256 g/mol. The maximum Gasteiger partial charge on any atom is 0.103 e. The number of allylic oxidation sites excluding steroid dienone is 3. The summed E-state index contributed by atoms with van der Waals surface area (Å²) in [5.41, 5.74) is 3.16. The van der Waals surface area contributed by atoms with Crippen LogP contribution in [-0.2, 0) is 0 Å². The maximum atomic E-state index is 4.08. The summed E-state index contributed by atoms with van der Waals surface area (Å²) >= 11 is 3.79. The highest BCUT2D eigenvalue weighted by Crippen LogP contribution is 2.28. The zero-order valence-electron chi connectivity index (χ0n) is 10.5. The Morgan fingerprint density at radius 1 is 1.44 bits per heavy atom. The summed E-state index contributed by atoms with van der Waals surface area (Å²) in [4.78, 5) is 1.83. The zero-order valence-corrected chi connectivity index (χ0v) is 12.5. The summed E-state index contributed by atoms with van der Waals surface area (Å²) in [6.07, 6.45) is 1.61. The van der Waals surface area contributed by atoms with Gasteiger partial charge in [0.1, 0.15) is 6.34 Å². The van der Waals surface area contributed by atoms with Gasteiger partial charge in [0, 0.05) is 12.7 Å². The lowest BCUT2D eigenvalue weighted by Crippen LogP contribution is -2.15. The smallest absolute Gasteiger partial charge is 0.103 e. The molecule has 0 amide bonds. The molecule has 0 saturated heterocycles. The zero-order chi connectivity index (χ0) is 12.9. The second-order valence-electron chi connectivity index (χ2n) is 4.01. The molecule has 16 heavy (non-hydrogen) atoms. The van der Waals surface area contributed by atoms with Crippen LogP contribution in [0.1, 0.15) is 20.8 Å². The van der Waals surface area contributed by atoms with Crippen molar-refractivity contribution in [1.82, 2.24) is 4.90 Å². The van der Waals surface area contributed by atoms with E-state index in [-0.39, 0.29) is 0 Å². The Hall–Kier alpha value is -0.530. The highest BCUT2D eigenvalue weighted by molar-refractivity contribution is 7.78. The molecule has 0 spiro atoms. The normalized spacial score (nSPS) is 12.9. The average Bonchev–Trinajstić information content (AvgIpc) is 2.25. The third-order valence-corrected chi connectivity index (χ3v) is 3.41. The van der Waals surface area contributed by atoms with E-state index >= 15 is 0 Å². The molecule has 0 N–H and O–H groups in total. The van der Waals surface area contributed by atoms with Crippen molar-refractivity contribution in [3.63, 3.8) is 0 Å². The van der Waals surface area contributed by atoms with Crippen molar-refractivity contribution in [2.75, 3.05) is 7.05 Å². The summed E-state index contributed by atoms with van der Waals surface area (Å²) in [7, 11) is 4.60. The maximum absolute atomic E-state index is 4.08. The summed E-state index contributed by atoms with van der Waals surface area (Å²) in [6.45, 7) is 14.4. The Morgan fingerprint density at radius 2 is 1.94 bits per heavy atom. The second-order valence-corrected chi connectivity index (χ2v) is 4.82. The highest BCUT2D eigenvalue weighted by Gasteiger charge is 2.10. The Labute approximate surface area is 107 Å². The third kappa shape index (κ3) is 4.15. The lowest BCUT2D eigenvalue weighted by molar-refractivity contribution is 0.667. The summed E-state index contributed by atoms with van der Waals surface area (Å²) < 4.78 is 3.66. The molecule has 0 radical (unpaired) electrons. The molecule has 0 saturated carbocycles. The molecule has 0 rings (SSSR count). The number of thiol groups is 1. The van der Waals surface area contributed by atoms with Crippen molar-refractivity contribution >= 4 is 28.4 Å². The van der Waals surface area contributed by atoms with Crippen LogP contribution >= 0.6 is 22.1 Å². The first-order valence-corrected chi connectivity index (χ1v) is 6.05. The quantitative estimate of drug-likeness (QED) is 0.261. The van der Waals surface area contributed by atoms with Crippen LogP contribution in [0.2, 0.25) is 0 Å². The SMILES string of the molecule is C=C(/C(C)=C(/P)C(=C)N(C)C=NS)C(C)C. The molecule has 0 aromatic rings. The molecule has 0 aromatic carbocycles. The van der Waals surface area contributed by atoms with Crippen molar-refractivity contribution in [3.05, 3.63) is 35.3 Å². The second kappa shape index (κ2) is 6.93. The summed E-state index contributed by atoms with van der Waals surface area (Å²) in [5, 5.41) is 1.05. The van der Waals surface area contributed by atoms with Crippen molar-refractivity contribution < 1.29 is 0 Å². The molecule has 90 valence electrons. The minimum absolute atomic E-state index is 0.437. The van der Waals surface area contributed by atoms with Crippen LogP contribution in [0.5, 0.6) is 0 Å². The predicted molar refractivity (Wildman–Crippen MR) is 80.8 cm³/mol. The van der Waals surface area contributed by atoms with Gasteiger partial charge in [0.25, 0.3) is 0 Å². The molecule has 0 heterocycles. The molecule has 0 aromatic heterocycles. The van der Waals surface area contributed by atoms with E-state index in [2.05, 4.69) is 60.4 Å². The van der Waals surface area contributed by atoms with E-state index in [0.29, 0.717) is 5.92 Å². The Morgan fingerprint density at radius 3 is 2.31 bits per heavy atom. The number of rotatable bonds is 5. The number of hydrogen-bond acceptors (Lipinski definition) is 2. The van der Waals surface area contributed by atoms with Gasteiger partial charge in [-0.3, -0.25) is 0 Å². The van der Waals surface area contributed by atoms with Gasteiger partial charge in [-0.25, -0.2) is 4.40 Å². The van der Waals surface area contributed by atoms with Crippen molar-refractivity contribution in [3.8, 4) is 0 Å². The van der Waals surface area contributed by atoms with Gasteiger partial charge in [-0.05, 0) is 42.1 Å². The standard InChI is InChI=1S/C12H21N2PS/c1-8(2)9(3)10(4)12(15)11(5)14(6)7-13-16/h7-8,16H,3,5,15H2,1-2,4,6H3/b12-10+,13-7?. The fourth-order valence-electron chi connectivity index (χ4n) is 1.16. The van der Waals surface area contributed by atoms with Gasteiger partial charge in [-0.2, -0.15) is 0 Å².